The first-order valence-corrected chi connectivity index (χ1v) is 14.5. The fraction of sp³-hybridized carbons (Fsp3) is 0.294. The number of carboxylic acid groups (broad SMARTS) is 1. The molecular formula is C34H40ClN3O4. The maximum Gasteiger partial charge on any atom is 0.305 e. The molecule has 8 heteroatoms. The van der Waals surface area contributed by atoms with Crippen LogP contribution in [0.15, 0.2) is 91.3 Å². The fourth-order valence-electron chi connectivity index (χ4n) is 4.79. The van der Waals surface area contributed by atoms with Crippen molar-refractivity contribution in [3.8, 4) is 0 Å². The SMILES string of the molecule is C=C(NC(C)c1ccc(Cl)cc1)N(Cc1ccc(C(=O)NCCC(=O)O)cc1)c1ccc(C2=CCCCC2)cc1.CO. The molecule has 3 aromatic rings. The molecule has 0 saturated carbocycles. The van der Waals surface area contributed by atoms with E-state index in [1.807, 2.05) is 36.4 Å². The van der Waals surface area contributed by atoms with E-state index in [2.05, 4.69) is 59.4 Å². The number of allylic oxidation sites excluding steroid dienone is 2. The number of carbonyl (C=O) groups excluding carboxylic acids is 1. The number of anilines is 1. The third-order valence-electron chi connectivity index (χ3n) is 7.10. The summed E-state index contributed by atoms with van der Waals surface area (Å²) in [6.07, 6.45) is 6.99. The van der Waals surface area contributed by atoms with Crippen LogP contribution in [0.5, 0.6) is 0 Å². The maximum absolute atomic E-state index is 12.4. The molecule has 4 N–H and O–H groups in total. The van der Waals surface area contributed by atoms with Crippen LogP contribution in [0.3, 0.4) is 0 Å². The zero-order chi connectivity index (χ0) is 30.5. The monoisotopic (exact) mass is 589 g/mol. The van der Waals surface area contributed by atoms with Gasteiger partial charge in [-0.1, -0.05) is 60.7 Å². The summed E-state index contributed by atoms with van der Waals surface area (Å²) in [6, 6.07) is 23.8. The van der Waals surface area contributed by atoms with E-state index in [0.717, 1.165) is 42.6 Å². The third kappa shape index (κ3) is 9.50. The van der Waals surface area contributed by atoms with Gasteiger partial charge in [0.1, 0.15) is 0 Å². The molecule has 3 aromatic carbocycles. The highest BCUT2D eigenvalue weighted by Gasteiger charge is 2.16. The van der Waals surface area contributed by atoms with E-state index < -0.39 is 5.97 Å². The number of carbonyl (C=O) groups is 2. The van der Waals surface area contributed by atoms with E-state index in [-0.39, 0.29) is 24.9 Å². The van der Waals surface area contributed by atoms with Crippen molar-refractivity contribution < 1.29 is 19.8 Å². The first-order valence-electron chi connectivity index (χ1n) is 14.1. The Morgan fingerprint density at radius 2 is 1.64 bits per heavy atom. The van der Waals surface area contributed by atoms with Crippen LogP contribution in [-0.4, -0.2) is 35.7 Å². The molecule has 0 radical (unpaired) electrons. The molecule has 0 bridgehead atoms. The summed E-state index contributed by atoms with van der Waals surface area (Å²) in [7, 11) is 1.00. The number of benzene rings is 3. The predicted molar refractivity (Wildman–Crippen MR) is 170 cm³/mol. The summed E-state index contributed by atoms with van der Waals surface area (Å²) in [6.45, 7) is 7.10. The van der Waals surface area contributed by atoms with Crippen LogP contribution in [-0.2, 0) is 11.3 Å². The quantitative estimate of drug-likeness (QED) is 0.183. The van der Waals surface area contributed by atoms with Gasteiger partial charge in [-0.3, -0.25) is 9.59 Å². The Kier molecular flexibility index (Phi) is 12.7. The molecule has 4 rings (SSSR count). The molecule has 7 nitrogen and oxygen atoms in total. The van der Waals surface area contributed by atoms with Crippen molar-refractivity contribution in [2.45, 2.75) is 51.6 Å². The van der Waals surface area contributed by atoms with Gasteiger partial charge in [0.15, 0.2) is 0 Å². The molecular weight excluding hydrogens is 550 g/mol. The zero-order valence-corrected chi connectivity index (χ0v) is 25.0. The van der Waals surface area contributed by atoms with E-state index in [1.54, 1.807) is 12.1 Å². The molecule has 0 aliphatic heterocycles. The average molecular weight is 590 g/mol. The van der Waals surface area contributed by atoms with Crippen molar-refractivity contribution in [1.29, 1.82) is 0 Å². The van der Waals surface area contributed by atoms with Crippen LogP contribution in [0.25, 0.3) is 5.57 Å². The lowest BCUT2D eigenvalue weighted by atomic mass is 9.93. The highest BCUT2D eigenvalue weighted by atomic mass is 35.5. The Hall–Kier alpha value is -4.07. The number of nitrogens with one attached hydrogen (secondary N) is 2. The molecule has 1 aliphatic carbocycles. The second-order valence-electron chi connectivity index (χ2n) is 10.1. The van der Waals surface area contributed by atoms with Crippen LogP contribution in [0, 0.1) is 0 Å². The molecule has 0 spiro atoms. The summed E-state index contributed by atoms with van der Waals surface area (Å²) in [5.41, 5.74) is 6.27. The third-order valence-corrected chi connectivity index (χ3v) is 7.35. The number of aliphatic carboxylic acids is 1. The number of aliphatic hydroxyl groups excluding tert-OH is 1. The summed E-state index contributed by atoms with van der Waals surface area (Å²) in [5.74, 6) is -0.485. The first kappa shape index (κ1) is 32.4. The Morgan fingerprint density at radius 1 is 0.976 bits per heavy atom. The minimum atomic E-state index is -0.946. The second kappa shape index (κ2) is 16.4. The van der Waals surface area contributed by atoms with Crippen molar-refractivity contribution in [1.82, 2.24) is 10.6 Å². The number of amides is 1. The lowest BCUT2D eigenvalue weighted by molar-refractivity contribution is -0.136. The number of halogens is 1. The Morgan fingerprint density at radius 3 is 2.24 bits per heavy atom. The van der Waals surface area contributed by atoms with Gasteiger partial charge in [-0.05, 0) is 91.3 Å². The van der Waals surface area contributed by atoms with Gasteiger partial charge in [-0.15, -0.1) is 0 Å². The lowest BCUT2D eigenvalue weighted by Gasteiger charge is -2.30. The maximum atomic E-state index is 12.4. The molecule has 222 valence electrons. The summed E-state index contributed by atoms with van der Waals surface area (Å²) >= 11 is 6.08. The standard InChI is InChI=1S/C33H36ClN3O3.CH4O/c1-23(26-12-16-30(34)17-13-26)36-24(2)37(31-18-14-28(15-19-31)27-6-4-3-5-7-27)22-25-8-10-29(11-9-25)33(40)35-21-20-32(38)39;1-2/h6,8-19,23,36H,2-5,7,20-22H2,1H3,(H,35,40)(H,38,39);2H,1H3. The number of aliphatic hydroxyl groups is 1. The van der Waals surface area contributed by atoms with Crippen LogP contribution in [0.4, 0.5) is 5.69 Å². The largest absolute Gasteiger partial charge is 0.481 e. The van der Waals surface area contributed by atoms with Gasteiger partial charge < -0.3 is 25.7 Å². The topological polar surface area (TPSA) is 102 Å². The molecule has 0 saturated heterocycles. The van der Waals surface area contributed by atoms with Crippen LogP contribution >= 0.6 is 11.6 Å². The van der Waals surface area contributed by atoms with Gasteiger partial charge in [0.05, 0.1) is 12.2 Å². The van der Waals surface area contributed by atoms with Crippen LogP contribution in [0.2, 0.25) is 5.02 Å². The number of hydrogen-bond acceptors (Lipinski definition) is 5. The molecule has 1 unspecified atom stereocenters. The lowest BCUT2D eigenvalue weighted by Crippen LogP contribution is -2.32. The molecule has 1 atom stereocenters. The van der Waals surface area contributed by atoms with Gasteiger partial charge in [-0.2, -0.15) is 0 Å². The number of carboxylic acids is 1. The Labute approximate surface area is 253 Å². The molecule has 0 aromatic heterocycles. The second-order valence-corrected chi connectivity index (χ2v) is 10.5. The van der Waals surface area contributed by atoms with Gasteiger partial charge in [0.2, 0.25) is 0 Å². The summed E-state index contributed by atoms with van der Waals surface area (Å²) < 4.78 is 0. The minimum absolute atomic E-state index is 0.0100. The predicted octanol–water partition coefficient (Wildman–Crippen LogP) is 6.94. The van der Waals surface area contributed by atoms with Crippen LogP contribution in [0.1, 0.15) is 72.1 Å². The van der Waals surface area contributed by atoms with Gasteiger partial charge >= 0.3 is 5.97 Å². The summed E-state index contributed by atoms with van der Waals surface area (Å²) in [4.78, 5) is 25.2. The molecule has 1 amide bonds. The number of hydrogen-bond donors (Lipinski definition) is 4. The van der Waals surface area contributed by atoms with Gasteiger partial charge in [-0.25, -0.2) is 0 Å². The molecule has 42 heavy (non-hydrogen) atoms. The number of nitrogens with zero attached hydrogens (tertiary/aromatic N) is 1. The minimum Gasteiger partial charge on any atom is -0.481 e. The average Bonchev–Trinajstić information content (AvgIpc) is 3.01. The zero-order valence-electron chi connectivity index (χ0n) is 24.3. The first-order chi connectivity index (χ1) is 20.3. The molecule has 0 fully saturated rings. The number of rotatable bonds is 12. The Bertz CT molecular complexity index is 1350. The summed E-state index contributed by atoms with van der Waals surface area (Å²) in [5, 5.41) is 22.7. The van der Waals surface area contributed by atoms with E-state index in [9.17, 15) is 9.59 Å². The van der Waals surface area contributed by atoms with Gasteiger partial charge in [0.25, 0.3) is 5.91 Å². The van der Waals surface area contributed by atoms with Crippen molar-refractivity contribution in [2.24, 2.45) is 0 Å². The normalized spacial score (nSPS) is 13.1. The van der Waals surface area contributed by atoms with Crippen molar-refractivity contribution in [3.05, 3.63) is 119 Å². The fourth-order valence-corrected chi connectivity index (χ4v) is 4.92. The van der Waals surface area contributed by atoms with E-state index in [1.165, 1.54) is 24.0 Å². The highest BCUT2D eigenvalue weighted by molar-refractivity contribution is 6.30. The van der Waals surface area contributed by atoms with Crippen molar-refractivity contribution in [3.63, 3.8) is 0 Å². The van der Waals surface area contributed by atoms with E-state index >= 15 is 0 Å². The van der Waals surface area contributed by atoms with Gasteiger partial charge in [0, 0.05) is 42.5 Å². The van der Waals surface area contributed by atoms with E-state index in [0.29, 0.717) is 17.1 Å². The molecule has 0 heterocycles. The van der Waals surface area contributed by atoms with Crippen LogP contribution < -0.4 is 15.5 Å². The van der Waals surface area contributed by atoms with Crippen molar-refractivity contribution in [2.75, 3.05) is 18.6 Å². The highest BCUT2D eigenvalue weighted by Crippen LogP contribution is 2.30. The Balaban J connectivity index is 0.00000237. The van der Waals surface area contributed by atoms with E-state index in [4.69, 9.17) is 21.8 Å². The molecule has 1 aliphatic rings. The smallest absolute Gasteiger partial charge is 0.305 e. The van der Waals surface area contributed by atoms with Crippen molar-refractivity contribution >= 4 is 34.7 Å².